The summed E-state index contributed by atoms with van der Waals surface area (Å²) in [6.07, 6.45) is 8.99. The second-order valence-corrected chi connectivity index (χ2v) is 17.7. The second-order valence-electron chi connectivity index (χ2n) is 17.7. The third-order valence-corrected chi connectivity index (χ3v) is 13.9. The number of hydrogen-bond donors (Lipinski definition) is 1. The van der Waals surface area contributed by atoms with Crippen LogP contribution in [0.5, 0.6) is 5.75 Å². The van der Waals surface area contributed by atoms with Gasteiger partial charge in [0.15, 0.2) is 5.82 Å². The van der Waals surface area contributed by atoms with E-state index in [0.717, 1.165) is 82.1 Å². The van der Waals surface area contributed by atoms with E-state index >= 15 is 8.78 Å². The fraction of sp³-hybridized carbons (Fsp3) is 0.458. The SMILES string of the molecule is Cc1cc2c3c(cnc2c(F)c1-c1c(F)cccc1OCCCCCCCN1CCC(c2cc(F)cc4c2CN(C2CCC(=O)NC2=O)C4=O)CC1)N(C)C(=O)[C@H]1CN(C=O)CCN31. The number of ether oxygens (including phenoxy) is 1. The summed E-state index contributed by atoms with van der Waals surface area (Å²) in [5.74, 6) is -2.75. The van der Waals surface area contributed by atoms with Crippen molar-refractivity contribution in [1.82, 2.24) is 25.0 Å². The summed E-state index contributed by atoms with van der Waals surface area (Å²) >= 11 is 0. The van der Waals surface area contributed by atoms with Crippen LogP contribution in [0.3, 0.4) is 0 Å². The molecular weight excluding hydrogens is 828 g/mol. The number of halogens is 3. The molecule has 3 saturated heterocycles. The van der Waals surface area contributed by atoms with Crippen molar-refractivity contribution < 1.29 is 41.9 Å². The Kier molecular flexibility index (Phi) is 12.1. The lowest BCUT2D eigenvalue weighted by molar-refractivity contribution is -0.137. The van der Waals surface area contributed by atoms with Crippen LogP contribution in [0.2, 0.25) is 0 Å². The number of fused-ring (bicyclic) bond motifs is 6. The predicted octanol–water partition coefficient (Wildman–Crippen LogP) is 6.22. The van der Waals surface area contributed by atoms with Crippen LogP contribution in [0.4, 0.5) is 24.5 Å². The Morgan fingerprint density at radius 3 is 2.45 bits per heavy atom. The predicted molar refractivity (Wildman–Crippen MR) is 233 cm³/mol. The molecular formula is C48H52F3N7O6. The largest absolute Gasteiger partial charge is 0.493 e. The number of carbonyl (C=O) groups excluding carboxylic acids is 5. The number of carbonyl (C=O) groups is 5. The molecule has 0 radical (unpaired) electrons. The third-order valence-electron chi connectivity index (χ3n) is 13.9. The molecule has 0 bridgehead atoms. The van der Waals surface area contributed by atoms with Gasteiger partial charge in [0.05, 0.1) is 29.7 Å². The molecule has 5 aliphatic rings. The molecule has 4 aromatic rings. The van der Waals surface area contributed by atoms with Crippen molar-refractivity contribution in [1.29, 1.82) is 0 Å². The van der Waals surface area contributed by atoms with Crippen molar-refractivity contribution in [3.63, 3.8) is 0 Å². The minimum Gasteiger partial charge on any atom is -0.493 e. The summed E-state index contributed by atoms with van der Waals surface area (Å²) in [5, 5.41) is 2.83. The molecule has 2 atom stereocenters. The molecule has 0 saturated carbocycles. The number of pyridine rings is 1. The van der Waals surface area contributed by atoms with E-state index in [1.54, 1.807) is 43.1 Å². The topological polar surface area (TPSA) is 136 Å². The number of aryl methyl sites for hydroxylation is 1. The van der Waals surface area contributed by atoms with Gasteiger partial charge in [0, 0.05) is 56.2 Å². The number of piperazine rings is 1. The molecule has 6 heterocycles. The van der Waals surface area contributed by atoms with Crippen molar-refractivity contribution in [2.75, 3.05) is 62.7 Å². The Bertz CT molecular complexity index is 2550. The molecule has 3 fully saturated rings. The number of rotatable bonds is 13. The van der Waals surface area contributed by atoms with Crippen molar-refractivity contribution in [2.45, 2.75) is 89.3 Å². The van der Waals surface area contributed by atoms with Gasteiger partial charge in [-0.05, 0) is 112 Å². The maximum absolute atomic E-state index is 16.7. The molecule has 1 aromatic heterocycles. The zero-order valence-electron chi connectivity index (χ0n) is 36.1. The summed E-state index contributed by atoms with van der Waals surface area (Å²) in [7, 11) is 1.65. The number of anilines is 2. The maximum atomic E-state index is 16.7. The van der Waals surface area contributed by atoms with E-state index in [9.17, 15) is 28.4 Å². The van der Waals surface area contributed by atoms with E-state index in [4.69, 9.17) is 4.74 Å². The van der Waals surface area contributed by atoms with Gasteiger partial charge in [0.2, 0.25) is 18.2 Å². The number of aromatic nitrogens is 1. The molecule has 1 unspecified atom stereocenters. The second kappa shape index (κ2) is 17.9. The Hall–Kier alpha value is -6.03. The number of unbranched alkanes of at least 4 members (excludes halogenated alkanes) is 4. The first-order valence-electron chi connectivity index (χ1n) is 22.4. The minimum atomic E-state index is -0.742. The van der Waals surface area contributed by atoms with Crippen LogP contribution in [0.1, 0.15) is 90.8 Å². The van der Waals surface area contributed by atoms with Crippen molar-refractivity contribution in [3.05, 3.63) is 82.3 Å². The van der Waals surface area contributed by atoms with Crippen LogP contribution >= 0.6 is 0 Å². The van der Waals surface area contributed by atoms with Crippen LogP contribution in [0.25, 0.3) is 22.0 Å². The number of likely N-dealkylation sites (N-methyl/N-ethyl adjacent to an activating group) is 1. The molecule has 3 aromatic carbocycles. The number of benzene rings is 3. The first kappa shape index (κ1) is 43.2. The van der Waals surface area contributed by atoms with E-state index in [0.29, 0.717) is 47.6 Å². The fourth-order valence-electron chi connectivity index (χ4n) is 10.5. The average molecular weight is 880 g/mol. The van der Waals surface area contributed by atoms with Crippen molar-refractivity contribution in [3.8, 4) is 16.9 Å². The van der Waals surface area contributed by atoms with Gasteiger partial charge in [-0.15, -0.1) is 0 Å². The number of likely N-dealkylation sites (tertiary alicyclic amines) is 1. The normalized spacial score (nSPS) is 20.5. The zero-order chi connectivity index (χ0) is 44.8. The highest BCUT2D eigenvalue weighted by atomic mass is 19.1. The van der Waals surface area contributed by atoms with E-state index in [1.165, 1.54) is 28.1 Å². The van der Waals surface area contributed by atoms with Gasteiger partial charge in [-0.25, -0.2) is 13.2 Å². The van der Waals surface area contributed by atoms with E-state index in [2.05, 4.69) is 15.2 Å². The summed E-state index contributed by atoms with van der Waals surface area (Å²) < 4.78 is 53.4. The van der Waals surface area contributed by atoms with Gasteiger partial charge in [-0.2, -0.15) is 0 Å². The van der Waals surface area contributed by atoms with E-state index in [1.807, 2.05) is 4.90 Å². The molecule has 5 aliphatic heterocycles. The summed E-state index contributed by atoms with van der Waals surface area (Å²) in [4.78, 5) is 75.8. The van der Waals surface area contributed by atoms with Crippen LogP contribution in [0.15, 0.2) is 42.6 Å². The number of nitrogens with one attached hydrogen (secondary N) is 1. The summed E-state index contributed by atoms with van der Waals surface area (Å²) in [5.41, 5.74) is 3.83. The highest BCUT2D eigenvalue weighted by Crippen LogP contribution is 2.46. The monoisotopic (exact) mass is 879 g/mol. The molecule has 16 heteroatoms. The molecule has 0 spiro atoms. The molecule has 9 rings (SSSR count). The number of imide groups is 1. The number of piperidine rings is 2. The minimum absolute atomic E-state index is 0.0388. The van der Waals surface area contributed by atoms with Gasteiger partial charge in [-0.1, -0.05) is 25.3 Å². The Morgan fingerprint density at radius 2 is 1.67 bits per heavy atom. The lowest BCUT2D eigenvalue weighted by atomic mass is 9.85. The fourth-order valence-corrected chi connectivity index (χ4v) is 10.5. The van der Waals surface area contributed by atoms with Gasteiger partial charge >= 0.3 is 0 Å². The number of hydrogen-bond acceptors (Lipinski definition) is 9. The van der Waals surface area contributed by atoms with Crippen molar-refractivity contribution >= 4 is 52.3 Å². The number of amides is 5. The van der Waals surface area contributed by atoms with Gasteiger partial charge in [-0.3, -0.25) is 34.3 Å². The molecule has 1 N–H and O–H groups in total. The van der Waals surface area contributed by atoms with Gasteiger partial charge in [0.25, 0.3) is 11.8 Å². The summed E-state index contributed by atoms with van der Waals surface area (Å²) in [6.45, 7) is 6.00. The van der Waals surface area contributed by atoms with Gasteiger partial charge in [0.1, 0.15) is 35.0 Å². The standard InChI is InChI=1S/C48H52F3N7O6/c1-28-21-33-44(52-24-37-45(33)57-19-18-56(27-59)26-38(57)48(63)54(37)2)43(51)41(28)42-35(50)9-8-10-39(42)64-20-7-5-3-4-6-15-55-16-13-29(14-17-55)31-22-30(49)23-32-34(31)25-58(47(32)62)36-11-12-40(60)53-46(36)61/h8-10,21-24,27,29,36,38H,3-7,11-20,25-26H2,1-2H3,(H,53,60,61)/t36?,38-/m1/s1. The first-order chi connectivity index (χ1) is 30.9. The van der Waals surface area contributed by atoms with Crippen LogP contribution in [-0.2, 0) is 25.7 Å². The maximum Gasteiger partial charge on any atom is 0.255 e. The lowest BCUT2D eigenvalue weighted by Gasteiger charge is -2.46. The lowest BCUT2D eigenvalue weighted by Crippen LogP contribution is -2.62. The van der Waals surface area contributed by atoms with Gasteiger partial charge < -0.3 is 29.2 Å². The van der Waals surface area contributed by atoms with E-state index < -0.39 is 35.4 Å². The van der Waals surface area contributed by atoms with E-state index in [-0.39, 0.29) is 72.0 Å². The van der Waals surface area contributed by atoms with Crippen molar-refractivity contribution in [2.24, 2.45) is 0 Å². The molecule has 5 amide bonds. The molecule has 0 aliphatic carbocycles. The highest BCUT2D eigenvalue weighted by Gasteiger charge is 2.43. The zero-order valence-corrected chi connectivity index (χ0v) is 36.1. The van der Waals surface area contributed by atoms with Crippen LogP contribution in [-0.4, -0.2) is 115 Å². The van der Waals surface area contributed by atoms with Crippen LogP contribution < -0.4 is 19.9 Å². The molecule has 64 heavy (non-hydrogen) atoms. The summed E-state index contributed by atoms with van der Waals surface area (Å²) in [6, 6.07) is 7.75. The average Bonchev–Trinajstić information content (AvgIpc) is 3.61. The Labute approximate surface area is 369 Å². The Morgan fingerprint density at radius 1 is 0.891 bits per heavy atom. The number of nitrogens with zero attached hydrogens (tertiary/aromatic N) is 6. The highest BCUT2D eigenvalue weighted by molar-refractivity contribution is 6.12. The third kappa shape index (κ3) is 7.94. The first-order valence-corrected chi connectivity index (χ1v) is 22.4. The quantitative estimate of drug-likeness (QED) is 0.0944. The smallest absolute Gasteiger partial charge is 0.255 e. The molecule has 336 valence electrons. The molecule has 13 nitrogen and oxygen atoms in total. The Balaban J connectivity index is 0.767. The van der Waals surface area contributed by atoms with Crippen LogP contribution in [0, 0.1) is 24.4 Å².